The summed E-state index contributed by atoms with van der Waals surface area (Å²) < 4.78 is 6.89. The van der Waals surface area contributed by atoms with E-state index in [9.17, 15) is 0 Å². The number of fused-ring (bicyclic) bond motifs is 9. The molecule has 5 heterocycles. The van der Waals surface area contributed by atoms with Crippen LogP contribution < -0.4 is 0 Å². The fourth-order valence-corrected chi connectivity index (χ4v) is 11.4. The van der Waals surface area contributed by atoms with Crippen molar-refractivity contribution in [1.82, 2.24) is 29.5 Å². The van der Waals surface area contributed by atoms with E-state index < -0.39 is 0 Å². The Labute approximate surface area is 369 Å². The summed E-state index contributed by atoms with van der Waals surface area (Å²) in [5.74, 6) is 2.52. The Bertz CT molecular complexity index is 3910. The maximum Gasteiger partial charge on any atom is 0.164 e. The first-order chi connectivity index (χ1) is 31.2. The van der Waals surface area contributed by atoms with E-state index in [1.807, 2.05) is 24.3 Å². The van der Waals surface area contributed by atoms with Gasteiger partial charge in [-0.3, -0.25) is 0 Å². The zero-order valence-corrected chi connectivity index (χ0v) is 35.1. The zero-order chi connectivity index (χ0) is 41.4. The van der Waals surface area contributed by atoms with Gasteiger partial charge in [0.15, 0.2) is 23.3 Å². The Kier molecular flexibility index (Phi) is 8.15. The highest BCUT2D eigenvalue weighted by Crippen LogP contribution is 2.46. The third-order valence-electron chi connectivity index (χ3n) is 11.9. The number of aromatic nitrogens is 6. The lowest BCUT2D eigenvalue weighted by atomic mass is 10.0. The van der Waals surface area contributed by atoms with E-state index in [0.29, 0.717) is 23.3 Å². The molecule has 0 aliphatic rings. The molecule has 0 fully saturated rings. The van der Waals surface area contributed by atoms with Crippen LogP contribution in [0.5, 0.6) is 0 Å². The Balaban J connectivity index is 1.05. The minimum absolute atomic E-state index is 0.607. The van der Waals surface area contributed by atoms with Crippen molar-refractivity contribution in [3.05, 3.63) is 194 Å². The van der Waals surface area contributed by atoms with Gasteiger partial charge in [-0.1, -0.05) is 140 Å². The van der Waals surface area contributed by atoms with Crippen LogP contribution in [0.4, 0.5) is 0 Å². The summed E-state index contributed by atoms with van der Waals surface area (Å²) in [5.41, 5.74) is 10.1. The van der Waals surface area contributed by atoms with Crippen molar-refractivity contribution in [2.45, 2.75) is 0 Å². The Morgan fingerprint density at radius 1 is 0.349 bits per heavy atom. The molecule has 0 saturated carbocycles. The minimum atomic E-state index is 0.607. The van der Waals surface area contributed by atoms with Crippen molar-refractivity contribution in [3.8, 4) is 62.5 Å². The van der Waals surface area contributed by atoms with Crippen molar-refractivity contribution in [3.63, 3.8) is 0 Å². The van der Waals surface area contributed by atoms with Crippen LogP contribution in [0.1, 0.15) is 0 Å². The van der Waals surface area contributed by atoms with Gasteiger partial charge in [-0.05, 0) is 54.6 Å². The molecular weight excluding hydrogens is 809 g/mol. The fraction of sp³-hybridized carbons (Fsp3) is 0. The number of benzene rings is 8. The molecule has 0 amide bonds. The average molecular weight is 841 g/mol. The van der Waals surface area contributed by atoms with E-state index in [2.05, 4.69) is 174 Å². The van der Waals surface area contributed by atoms with Crippen LogP contribution >= 0.6 is 22.7 Å². The number of thiophene rings is 2. The van der Waals surface area contributed by atoms with Gasteiger partial charge in [0, 0.05) is 74.5 Å². The number of hydrogen-bond donors (Lipinski definition) is 0. The van der Waals surface area contributed by atoms with Gasteiger partial charge in [-0.25, -0.2) is 24.9 Å². The van der Waals surface area contributed by atoms with Crippen LogP contribution in [0.15, 0.2) is 194 Å². The summed E-state index contributed by atoms with van der Waals surface area (Å²) in [6, 6.07) is 67.8. The van der Waals surface area contributed by atoms with Crippen LogP contribution in [0.25, 0.3) is 125 Å². The van der Waals surface area contributed by atoms with Crippen molar-refractivity contribution in [2.75, 3.05) is 0 Å². The maximum absolute atomic E-state index is 5.41. The summed E-state index contributed by atoms with van der Waals surface area (Å²) in [6.07, 6.45) is 0. The van der Waals surface area contributed by atoms with Gasteiger partial charge >= 0.3 is 0 Å². The van der Waals surface area contributed by atoms with E-state index in [0.717, 1.165) is 91.4 Å². The highest BCUT2D eigenvalue weighted by atomic mass is 32.1. The number of nitrogens with zero attached hydrogens (tertiary/aromatic N) is 6. The molecular formula is C55H32N6S2. The van der Waals surface area contributed by atoms with Gasteiger partial charge in [0.1, 0.15) is 0 Å². The van der Waals surface area contributed by atoms with E-state index in [1.165, 1.54) is 10.1 Å². The molecule has 294 valence electrons. The van der Waals surface area contributed by atoms with Gasteiger partial charge in [0.2, 0.25) is 0 Å². The average Bonchev–Trinajstić information content (AvgIpc) is 4.04. The minimum Gasteiger partial charge on any atom is -0.309 e. The Morgan fingerprint density at radius 2 is 0.905 bits per heavy atom. The molecule has 13 aromatic rings. The smallest absolute Gasteiger partial charge is 0.164 e. The topological polar surface area (TPSA) is 69.4 Å². The lowest BCUT2D eigenvalue weighted by Gasteiger charge is -2.11. The first-order valence-electron chi connectivity index (χ1n) is 20.8. The molecule has 0 aliphatic heterocycles. The molecule has 13 rings (SSSR count). The fourth-order valence-electron chi connectivity index (χ4n) is 9.05. The SMILES string of the molecule is c1ccc(-c2nc(-c3ccc4c(c3)c3ccccc3n4-c3ccccc3)nc(-c3cccc4sc5cccc(-c6nc(-c7ccccc7)c7sc8ccccc8c7n6)c5c34)n2)cc1. The second-order valence-corrected chi connectivity index (χ2v) is 17.7. The first kappa shape index (κ1) is 35.8. The molecule has 0 aliphatic carbocycles. The van der Waals surface area contributed by atoms with Crippen molar-refractivity contribution in [2.24, 2.45) is 0 Å². The lowest BCUT2D eigenvalue weighted by Crippen LogP contribution is -2.00. The normalized spacial score (nSPS) is 11.8. The molecule has 0 N–H and O–H groups in total. The Hall–Kier alpha value is -7.91. The standard InChI is InChI=1S/C55H32N6S2/c1-4-16-33(17-5-1)49-51-50(38-23-11-13-27-44(38)63-51)57-54(56-49)39-24-14-28-45-47(39)48-40(25-15-29-46(48)62-45)55-59-52(34-18-6-2-7-19-34)58-53(60-55)35-30-31-43-41(32-35)37-22-10-12-26-42(37)61(43)36-20-8-3-9-21-36/h1-32H. The number of hydrogen-bond acceptors (Lipinski definition) is 7. The third-order valence-corrected chi connectivity index (χ3v) is 14.2. The molecule has 8 aromatic carbocycles. The molecule has 8 heteroatoms. The van der Waals surface area contributed by atoms with Crippen molar-refractivity contribution < 1.29 is 0 Å². The van der Waals surface area contributed by atoms with Crippen molar-refractivity contribution in [1.29, 1.82) is 0 Å². The molecule has 63 heavy (non-hydrogen) atoms. The van der Waals surface area contributed by atoms with E-state index in [4.69, 9.17) is 24.9 Å². The van der Waals surface area contributed by atoms with Crippen molar-refractivity contribution >= 4 is 85.0 Å². The molecule has 5 aromatic heterocycles. The summed E-state index contributed by atoms with van der Waals surface area (Å²) in [4.78, 5) is 26.6. The zero-order valence-electron chi connectivity index (χ0n) is 33.5. The van der Waals surface area contributed by atoms with Crippen LogP contribution in [-0.2, 0) is 0 Å². The molecule has 0 unspecified atom stereocenters. The van der Waals surface area contributed by atoms with Crippen LogP contribution in [0, 0.1) is 0 Å². The molecule has 0 saturated heterocycles. The summed E-state index contributed by atoms with van der Waals surface area (Å²) >= 11 is 3.51. The van der Waals surface area contributed by atoms with Gasteiger partial charge in [-0.2, -0.15) is 0 Å². The van der Waals surface area contributed by atoms with Gasteiger partial charge in [0.25, 0.3) is 0 Å². The molecule has 6 nitrogen and oxygen atoms in total. The van der Waals surface area contributed by atoms with E-state index >= 15 is 0 Å². The molecule has 0 spiro atoms. The van der Waals surface area contributed by atoms with Crippen LogP contribution in [0.3, 0.4) is 0 Å². The van der Waals surface area contributed by atoms with Gasteiger partial charge in [-0.15, -0.1) is 22.7 Å². The highest BCUT2D eigenvalue weighted by molar-refractivity contribution is 7.26. The second kappa shape index (κ2) is 14.3. The van der Waals surface area contributed by atoms with E-state index in [-0.39, 0.29) is 0 Å². The van der Waals surface area contributed by atoms with E-state index in [1.54, 1.807) is 22.7 Å². The summed E-state index contributed by atoms with van der Waals surface area (Å²) in [6.45, 7) is 0. The maximum atomic E-state index is 5.41. The Morgan fingerprint density at radius 3 is 1.63 bits per heavy atom. The van der Waals surface area contributed by atoms with Gasteiger partial charge < -0.3 is 4.57 Å². The predicted octanol–water partition coefficient (Wildman–Crippen LogP) is 14.8. The quantitative estimate of drug-likeness (QED) is 0.167. The molecule has 0 atom stereocenters. The third kappa shape index (κ3) is 5.80. The number of rotatable bonds is 6. The van der Waals surface area contributed by atoms with Gasteiger partial charge in [0.05, 0.1) is 26.9 Å². The predicted molar refractivity (Wildman–Crippen MR) is 263 cm³/mol. The number of para-hydroxylation sites is 2. The van der Waals surface area contributed by atoms with Crippen LogP contribution in [-0.4, -0.2) is 29.5 Å². The van der Waals surface area contributed by atoms with Crippen LogP contribution in [0.2, 0.25) is 0 Å². The molecule has 0 bridgehead atoms. The highest BCUT2D eigenvalue weighted by Gasteiger charge is 2.23. The lowest BCUT2D eigenvalue weighted by molar-refractivity contribution is 1.08. The monoisotopic (exact) mass is 840 g/mol. The second-order valence-electron chi connectivity index (χ2n) is 15.6. The summed E-state index contributed by atoms with van der Waals surface area (Å²) in [7, 11) is 0. The first-order valence-corrected chi connectivity index (χ1v) is 22.5. The summed E-state index contributed by atoms with van der Waals surface area (Å²) in [5, 5.41) is 5.60. The largest absolute Gasteiger partial charge is 0.309 e. The molecule has 0 radical (unpaired) electrons.